The highest BCUT2D eigenvalue weighted by atomic mass is 19.1. The lowest BCUT2D eigenvalue weighted by molar-refractivity contribution is -0.222. The maximum atomic E-state index is 15.0. The minimum Gasteiger partial charge on any atom is -0.379 e. The van der Waals surface area contributed by atoms with Crippen LogP contribution in [0.2, 0.25) is 0 Å². The fraction of sp³-hybridized carbons (Fsp3) is 0.969. The largest absolute Gasteiger partial charge is 0.379 e. The molecular formula is C32H52FN3O2. The summed E-state index contributed by atoms with van der Waals surface area (Å²) in [4.78, 5) is 11.0. The molecule has 5 nitrogen and oxygen atoms in total. The molecule has 9 atom stereocenters. The van der Waals surface area contributed by atoms with Gasteiger partial charge in [0, 0.05) is 43.3 Å². The molecule has 6 heteroatoms. The number of halogens is 1. The van der Waals surface area contributed by atoms with E-state index in [4.69, 9.17) is 14.5 Å². The Morgan fingerprint density at radius 3 is 2.45 bits per heavy atom. The van der Waals surface area contributed by atoms with Crippen molar-refractivity contribution in [2.45, 2.75) is 133 Å². The van der Waals surface area contributed by atoms with Crippen LogP contribution >= 0.6 is 0 Å². The summed E-state index contributed by atoms with van der Waals surface area (Å²) in [6.45, 7) is 9.49. The van der Waals surface area contributed by atoms with Crippen molar-refractivity contribution in [3.63, 3.8) is 0 Å². The smallest absolute Gasteiger partial charge is 0.164 e. The first-order valence-electron chi connectivity index (χ1n) is 16.5. The van der Waals surface area contributed by atoms with Crippen molar-refractivity contribution in [2.24, 2.45) is 34.1 Å². The lowest BCUT2D eigenvalue weighted by Gasteiger charge is -2.59. The van der Waals surface area contributed by atoms with Crippen molar-refractivity contribution in [2.75, 3.05) is 32.8 Å². The molecule has 3 aliphatic heterocycles. The molecule has 6 fully saturated rings. The molecule has 0 radical (unpaired) electrons. The minimum absolute atomic E-state index is 0.0945. The first kappa shape index (κ1) is 26.3. The highest BCUT2D eigenvalue weighted by molar-refractivity contribution is 5.72. The summed E-state index contributed by atoms with van der Waals surface area (Å²) in [5.74, 6) is 2.45. The fourth-order valence-electron chi connectivity index (χ4n) is 10.9. The van der Waals surface area contributed by atoms with Crippen LogP contribution in [0.25, 0.3) is 0 Å². The van der Waals surface area contributed by atoms with E-state index in [2.05, 4.69) is 29.9 Å². The van der Waals surface area contributed by atoms with E-state index in [1.54, 1.807) is 0 Å². The Kier molecular flexibility index (Phi) is 7.19. The Balaban J connectivity index is 1.29. The number of hydrogen-bond donors (Lipinski definition) is 0. The van der Waals surface area contributed by atoms with Gasteiger partial charge in [0.25, 0.3) is 0 Å². The molecule has 0 aromatic heterocycles. The summed E-state index contributed by atoms with van der Waals surface area (Å²) in [5.41, 5.74) is -0.355. The van der Waals surface area contributed by atoms with Crippen LogP contribution in [0.15, 0.2) is 4.99 Å². The maximum Gasteiger partial charge on any atom is 0.164 e. The van der Waals surface area contributed by atoms with Gasteiger partial charge in [-0.05, 0) is 75.0 Å². The van der Waals surface area contributed by atoms with Gasteiger partial charge in [-0.25, -0.2) is 4.39 Å². The molecule has 38 heavy (non-hydrogen) atoms. The summed E-state index contributed by atoms with van der Waals surface area (Å²) >= 11 is 0. The van der Waals surface area contributed by atoms with Crippen molar-refractivity contribution in [3.8, 4) is 0 Å². The Morgan fingerprint density at radius 2 is 1.68 bits per heavy atom. The molecule has 0 bridgehead atoms. The molecule has 0 aromatic carbocycles. The highest BCUT2D eigenvalue weighted by Crippen LogP contribution is 2.65. The molecule has 0 aromatic rings. The molecule has 0 N–H and O–H groups in total. The van der Waals surface area contributed by atoms with Gasteiger partial charge in [-0.2, -0.15) is 0 Å². The number of hydrogen-bond acceptors (Lipinski definition) is 5. The zero-order valence-corrected chi connectivity index (χ0v) is 24.0. The van der Waals surface area contributed by atoms with Gasteiger partial charge in [-0.15, -0.1) is 0 Å². The monoisotopic (exact) mass is 529 g/mol. The summed E-state index contributed by atoms with van der Waals surface area (Å²) in [7, 11) is 0. The van der Waals surface area contributed by atoms with Crippen molar-refractivity contribution in [1.82, 2.24) is 9.80 Å². The second-order valence-electron chi connectivity index (χ2n) is 14.5. The van der Waals surface area contributed by atoms with Gasteiger partial charge in [0.05, 0.1) is 25.4 Å². The summed E-state index contributed by atoms with van der Waals surface area (Å²) < 4.78 is 28.5. The van der Waals surface area contributed by atoms with Crippen molar-refractivity contribution in [3.05, 3.63) is 0 Å². The van der Waals surface area contributed by atoms with Gasteiger partial charge < -0.3 is 9.47 Å². The van der Waals surface area contributed by atoms with Gasteiger partial charge in [0.15, 0.2) is 5.72 Å². The van der Waals surface area contributed by atoms with Crippen LogP contribution in [-0.4, -0.2) is 85.0 Å². The zero-order valence-electron chi connectivity index (χ0n) is 24.0. The maximum absolute atomic E-state index is 15.0. The van der Waals surface area contributed by atoms with Gasteiger partial charge in [0.1, 0.15) is 6.17 Å². The second kappa shape index (κ2) is 10.4. The average Bonchev–Trinajstić information content (AvgIpc) is 3.12. The van der Waals surface area contributed by atoms with Crippen LogP contribution in [0.5, 0.6) is 0 Å². The molecule has 0 amide bonds. The Bertz CT molecular complexity index is 871. The number of alkyl halides is 1. The van der Waals surface area contributed by atoms with Crippen molar-refractivity contribution >= 4 is 6.21 Å². The number of morpholine rings is 1. The SMILES string of the molecule is CC(C)CN1C2CC(F)CCC2C2(CCCCC2)C12C=NC1C(CC(N3CCOCC3)C3CCCCC31)O2. The predicted molar refractivity (Wildman–Crippen MR) is 149 cm³/mol. The molecule has 2 spiro atoms. The van der Waals surface area contributed by atoms with Gasteiger partial charge in [-0.1, -0.05) is 46.0 Å². The highest BCUT2D eigenvalue weighted by Gasteiger charge is 2.70. The van der Waals surface area contributed by atoms with E-state index >= 15 is 4.39 Å². The van der Waals surface area contributed by atoms with E-state index in [0.717, 1.165) is 58.0 Å². The predicted octanol–water partition coefficient (Wildman–Crippen LogP) is 5.86. The summed E-state index contributed by atoms with van der Waals surface area (Å²) in [6.07, 6.45) is 17.1. The van der Waals surface area contributed by atoms with Gasteiger partial charge in [0.2, 0.25) is 0 Å². The number of likely N-dealkylation sites (tertiary alicyclic amines) is 1. The van der Waals surface area contributed by atoms with Crippen molar-refractivity contribution in [1.29, 1.82) is 0 Å². The van der Waals surface area contributed by atoms with Crippen LogP contribution in [0, 0.1) is 29.1 Å². The van der Waals surface area contributed by atoms with E-state index in [1.807, 2.05) is 0 Å². The van der Waals surface area contributed by atoms with Crippen LogP contribution in [-0.2, 0) is 9.47 Å². The molecule has 7 aliphatic rings. The number of ether oxygens (including phenoxy) is 2. The minimum atomic E-state index is -0.668. The van der Waals surface area contributed by atoms with Crippen LogP contribution in [0.1, 0.15) is 97.3 Å². The summed E-state index contributed by atoms with van der Waals surface area (Å²) in [6, 6.07) is 1.19. The molecule has 3 heterocycles. The topological polar surface area (TPSA) is 37.3 Å². The van der Waals surface area contributed by atoms with Gasteiger partial charge in [-0.3, -0.25) is 14.8 Å². The molecule has 2 saturated heterocycles. The van der Waals surface area contributed by atoms with Crippen LogP contribution in [0.4, 0.5) is 4.39 Å². The lowest BCUT2D eigenvalue weighted by Crippen LogP contribution is -2.67. The average molecular weight is 530 g/mol. The van der Waals surface area contributed by atoms with E-state index in [-0.39, 0.29) is 11.5 Å². The Morgan fingerprint density at radius 1 is 0.921 bits per heavy atom. The first-order chi connectivity index (χ1) is 18.5. The molecule has 7 rings (SSSR count). The zero-order chi connectivity index (χ0) is 25.9. The van der Waals surface area contributed by atoms with Crippen LogP contribution in [0.3, 0.4) is 0 Å². The second-order valence-corrected chi connectivity index (χ2v) is 14.5. The van der Waals surface area contributed by atoms with E-state index in [9.17, 15) is 0 Å². The Hall–Kier alpha value is -0.560. The van der Waals surface area contributed by atoms with Crippen molar-refractivity contribution < 1.29 is 13.9 Å². The third-order valence-corrected chi connectivity index (χ3v) is 12.2. The standard InChI is InChI=1S/C32H52FN3O2/c1-22(2)20-36-28-18-23(33)10-11-26(28)31(12-6-3-7-13-31)32(36)21-34-30-25-9-5-4-8-24(25)27(19-29(30)38-32)35-14-16-37-17-15-35/h21-30H,3-20H2,1-2H3. The first-order valence-corrected chi connectivity index (χ1v) is 16.5. The molecule has 214 valence electrons. The molecule has 9 unspecified atom stereocenters. The Labute approximate surface area is 230 Å². The molecular weight excluding hydrogens is 477 g/mol. The van der Waals surface area contributed by atoms with E-state index in [0.29, 0.717) is 42.3 Å². The third-order valence-electron chi connectivity index (χ3n) is 12.2. The summed E-state index contributed by atoms with van der Waals surface area (Å²) in [5, 5.41) is 0. The molecule has 4 aliphatic carbocycles. The fourth-order valence-corrected chi connectivity index (χ4v) is 10.9. The lowest BCUT2D eigenvalue weighted by atomic mass is 9.58. The van der Waals surface area contributed by atoms with E-state index in [1.165, 1.54) is 57.8 Å². The number of fused-ring (bicyclic) bond motifs is 6. The van der Waals surface area contributed by atoms with Crippen LogP contribution < -0.4 is 0 Å². The van der Waals surface area contributed by atoms with Gasteiger partial charge >= 0.3 is 0 Å². The number of rotatable bonds is 3. The number of nitrogens with zero attached hydrogens (tertiary/aromatic N) is 3. The normalized spacial score (nSPS) is 47.3. The number of aliphatic imine (C=N–C) groups is 1. The van der Waals surface area contributed by atoms with E-state index < -0.39 is 11.9 Å². The quantitative estimate of drug-likeness (QED) is 0.459. The third kappa shape index (κ3) is 4.09. The molecule has 4 saturated carbocycles.